The van der Waals surface area contributed by atoms with Crippen molar-refractivity contribution in [3.63, 3.8) is 0 Å². The van der Waals surface area contributed by atoms with Crippen molar-refractivity contribution in [2.45, 2.75) is 32.9 Å². The molecule has 0 aliphatic carbocycles. The molecule has 0 saturated carbocycles. The molecule has 0 aromatic heterocycles. The molecule has 186 valence electrons. The third-order valence-electron chi connectivity index (χ3n) is 5.79. The smallest absolute Gasteiger partial charge is 0.253 e. The zero-order valence-corrected chi connectivity index (χ0v) is 20.2. The Bertz CT molecular complexity index is 1240. The minimum absolute atomic E-state index is 0.156. The molecule has 1 aliphatic heterocycles. The Balaban J connectivity index is 1.39. The number of fused-ring (bicyclic) bond motifs is 1. The van der Waals surface area contributed by atoms with E-state index in [2.05, 4.69) is 16.0 Å². The molecule has 0 saturated heterocycles. The van der Waals surface area contributed by atoms with Gasteiger partial charge in [-0.3, -0.25) is 14.4 Å². The summed E-state index contributed by atoms with van der Waals surface area (Å²) in [5.41, 5.74) is 2.41. The first-order valence-corrected chi connectivity index (χ1v) is 11.8. The Morgan fingerprint density at radius 1 is 0.861 bits per heavy atom. The quantitative estimate of drug-likeness (QED) is 0.427. The summed E-state index contributed by atoms with van der Waals surface area (Å²) in [5, 5.41) is 8.53. The van der Waals surface area contributed by atoms with Gasteiger partial charge in [-0.1, -0.05) is 62.4 Å². The molecule has 1 aliphatic rings. The molecule has 8 nitrogen and oxygen atoms in total. The largest absolute Gasteiger partial charge is 0.454 e. The van der Waals surface area contributed by atoms with Gasteiger partial charge in [-0.2, -0.15) is 0 Å². The summed E-state index contributed by atoms with van der Waals surface area (Å²) in [7, 11) is 0. The lowest BCUT2D eigenvalue weighted by molar-refractivity contribution is -0.127. The summed E-state index contributed by atoms with van der Waals surface area (Å²) in [5.74, 6) is 0.193. The topological polar surface area (TPSA) is 106 Å². The molecule has 0 radical (unpaired) electrons. The highest BCUT2D eigenvalue weighted by Gasteiger charge is 2.25. The van der Waals surface area contributed by atoms with Gasteiger partial charge in [0.2, 0.25) is 18.6 Å². The van der Waals surface area contributed by atoms with Gasteiger partial charge in [0.15, 0.2) is 11.5 Å². The van der Waals surface area contributed by atoms with Crippen LogP contribution in [0, 0.1) is 5.92 Å². The molecule has 0 unspecified atom stereocenters. The van der Waals surface area contributed by atoms with Crippen molar-refractivity contribution in [1.29, 1.82) is 0 Å². The van der Waals surface area contributed by atoms with Crippen LogP contribution in [0.2, 0.25) is 0 Å². The van der Waals surface area contributed by atoms with E-state index in [1.54, 1.807) is 30.3 Å². The van der Waals surface area contributed by atoms with Crippen LogP contribution in [0.15, 0.2) is 72.8 Å². The Morgan fingerprint density at radius 2 is 1.58 bits per heavy atom. The predicted molar refractivity (Wildman–Crippen MR) is 136 cm³/mol. The highest BCUT2D eigenvalue weighted by atomic mass is 16.7. The van der Waals surface area contributed by atoms with Crippen LogP contribution >= 0.6 is 0 Å². The Labute approximate surface area is 210 Å². The van der Waals surface area contributed by atoms with E-state index in [4.69, 9.17) is 9.47 Å². The Morgan fingerprint density at radius 3 is 2.36 bits per heavy atom. The maximum absolute atomic E-state index is 13.1. The number of benzene rings is 3. The molecule has 3 amide bonds. The van der Waals surface area contributed by atoms with Gasteiger partial charge < -0.3 is 25.4 Å². The normalized spacial score (nSPS) is 12.6. The van der Waals surface area contributed by atoms with Crippen molar-refractivity contribution in [2.75, 3.05) is 12.1 Å². The predicted octanol–water partition coefficient (Wildman–Crippen LogP) is 3.67. The van der Waals surface area contributed by atoms with E-state index in [1.165, 1.54) is 0 Å². The van der Waals surface area contributed by atoms with E-state index in [0.29, 0.717) is 22.7 Å². The molecule has 3 aromatic rings. The van der Waals surface area contributed by atoms with E-state index >= 15 is 0 Å². The number of hydrogen-bond donors (Lipinski definition) is 3. The van der Waals surface area contributed by atoms with Crippen molar-refractivity contribution in [2.24, 2.45) is 5.92 Å². The fourth-order valence-electron chi connectivity index (χ4n) is 3.87. The molecule has 8 heteroatoms. The third-order valence-corrected chi connectivity index (χ3v) is 5.79. The summed E-state index contributed by atoms with van der Waals surface area (Å²) in [6, 6.07) is 20.8. The number of hydrogen-bond acceptors (Lipinski definition) is 5. The van der Waals surface area contributed by atoms with Crippen molar-refractivity contribution in [3.05, 3.63) is 89.5 Å². The molecular formula is C28H29N3O5. The van der Waals surface area contributed by atoms with Gasteiger partial charge in [-0.15, -0.1) is 0 Å². The van der Waals surface area contributed by atoms with Crippen molar-refractivity contribution < 1.29 is 23.9 Å². The first kappa shape index (κ1) is 24.8. The molecule has 1 atom stereocenters. The molecule has 0 spiro atoms. The molecule has 0 fully saturated rings. The van der Waals surface area contributed by atoms with Crippen LogP contribution in [0.25, 0.3) is 0 Å². The van der Waals surface area contributed by atoms with Gasteiger partial charge >= 0.3 is 0 Å². The minimum atomic E-state index is -0.758. The van der Waals surface area contributed by atoms with Crippen LogP contribution in [-0.2, 0) is 22.6 Å². The first-order valence-electron chi connectivity index (χ1n) is 11.8. The van der Waals surface area contributed by atoms with Crippen molar-refractivity contribution >= 4 is 23.4 Å². The lowest BCUT2D eigenvalue weighted by Gasteiger charge is -2.22. The second kappa shape index (κ2) is 11.4. The van der Waals surface area contributed by atoms with Crippen molar-refractivity contribution in [1.82, 2.24) is 10.6 Å². The zero-order valence-electron chi connectivity index (χ0n) is 20.2. The van der Waals surface area contributed by atoms with E-state index in [0.717, 1.165) is 11.1 Å². The van der Waals surface area contributed by atoms with Gasteiger partial charge in [0.25, 0.3) is 5.91 Å². The lowest BCUT2D eigenvalue weighted by Crippen LogP contribution is -2.47. The Hall–Kier alpha value is -4.33. The van der Waals surface area contributed by atoms with E-state index in [-0.39, 0.29) is 43.4 Å². The molecule has 36 heavy (non-hydrogen) atoms. The average molecular weight is 488 g/mol. The number of amides is 3. The molecular weight excluding hydrogens is 458 g/mol. The fourth-order valence-corrected chi connectivity index (χ4v) is 3.87. The third kappa shape index (κ3) is 6.21. The lowest BCUT2D eigenvalue weighted by atomic mass is 10.0. The van der Waals surface area contributed by atoms with E-state index < -0.39 is 6.04 Å². The van der Waals surface area contributed by atoms with Gasteiger partial charge in [0.1, 0.15) is 6.04 Å². The molecule has 0 bridgehead atoms. The highest BCUT2D eigenvalue weighted by Crippen LogP contribution is 2.32. The van der Waals surface area contributed by atoms with Crippen LogP contribution in [0.1, 0.15) is 35.3 Å². The fraction of sp³-hybridized carbons (Fsp3) is 0.250. The summed E-state index contributed by atoms with van der Waals surface area (Å²) in [6.07, 6.45) is 0.177. The first-order chi connectivity index (χ1) is 17.4. The van der Waals surface area contributed by atoms with Crippen LogP contribution < -0.4 is 25.4 Å². The molecule has 4 rings (SSSR count). The second-order valence-electron chi connectivity index (χ2n) is 8.86. The molecule has 1 heterocycles. The number of ether oxygens (including phenoxy) is 2. The van der Waals surface area contributed by atoms with Gasteiger partial charge in [0, 0.05) is 6.54 Å². The monoisotopic (exact) mass is 487 g/mol. The van der Waals surface area contributed by atoms with Crippen LogP contribution in [-0.4, -0.2) is 30.6 Å². The van der Waals surface area contributed by atoms with Crippen molar-refractivity contribution in [3.8, 4) is 11.5 Å². The minimum Gasteiger partial charge on any atom is -0.454 e. The summed E-state index contributed by atoms with van der Waals surface area (Å²) >= 11 is 0. The van der Waals surface area contributed by atoms with Gasteiger partial charge in [-0.25, -0.2) is 0 Å². The summed E-state index contributed by atoms with van der Waals surface area (Å²) < 4.78 is 10.7. The van der Waals surface area contributed by atoms with E-state index in [9.17, 15) is 14.4 Å². The number of carbonyl (C=O) groups excluding carboxylic acids is 3. The van der Waals surface area contributed by atoms with Crippen LogP contribution in [0.4, 0.5) is 5.69 Å². The zero-order chi connectivity index (χ0) is 25.5. The van der Waals surface area contributed by atoms with Crippen LogP contribution in [0.5, 0.6) is 11.5 Å². The van der Waals surface area contributed by atoms with Gasteiger partial charge in [-0.05, 0) is 41.3 Å². The second-order valence-corrected chi connectivity index (χ2v) is 8.86. The van der Waals surface area contributed by atoms with E-state index in [1.807, 2.05) is 56.3 Å². The van der Waals surface area contributed by atoms with Crippen LogP contribution in [0.3, 0.4) is 0 Å². The number of para-hydroxylation sites is 1. The molecule has 3 aromatic carbocycles. The SMILES string of the molecule is CC(C)[C@H](NC(=O)Cc1ccccc1)C(=O)Nc1ccccc1C(=O)NCc1ccc2c(c1)OCO2. The molecule has 3 N–H and O–H groups in total. The highest BCUT2D eigenvalue weighted by molar-refractivity contribution is 6.05. The number of rotatable bonds is 9. The summed E-state index contributed by atoms with van der Waals surface area (Å²) in [4.78, 5) is 38.6. The maximum Gasteiger partial charge on any atom is 0.253 e. The average Bonchev–Trinajstić information content (AvgIpc) is 3.34. The van der Waals surface area contributed by atoms with Gasteiger partial charge in [0.05, 0.1) is 17.7 Å². The number of nitrogens with one attached hydrogen (secondary N) is 3. The number of carbonyl (C=O) groups is 3. The Kier molecular flexibility index (Phi) is 7.85. The number of anilines is 1. The summed E-state index contributed by atoms with van der Waals surface area (Å²) in [6.45, 7) is 4.18. The standard InChI is InChI=1S/C28H29N3O5/c1-18(2)26(31-25(32)15-19-8-4-3-5-9-19)28(34)30-22-11-7-6-10-21(22)27(33)29-16-20-12-13-23-24(14-20)36-17-35-23/h3-14,18,26H,15-17H2,1-2H3,(H,29,33)(H,30,34)(H,31,32)/t26-/m0/s1. The maximum atomic E-state index is 13.1.